The summed E-state index contributed by atoms with van der Waals surface area (Å²) in [6.45, 7) is 1.10. The van der Waals surface area contributed by atoms with Crippen LogP contribution in [0.4, 0.5) is 30.5 Å². The summed E-state index contributed by atoms with van der Waals surface area (Å²) in [5, 5.41) is 12.7. The van der Waals surface area contributed by atoms with Gasteiger partial charge in [0.25, 0.3) is 0 Å². The predicted octanol–water partition coefficient (Wildman–Crippen LogP) is 3.00. The molecular formula is C16H15F3N4O2. The molecule has 0 saturated carbocycles. The summed E-state index contributed by atoms with van der Waals surface area (Å²) in [7, 11) is 0. The van der Waals surface area contributed by atoms with Gasteiger partial charge in [-0.05, 0) is 37.1 Å². The molecule has 0 aliphatic carbocycles. The van der Waals surface area contributed by atoms with Gasteiger partial charge in [0.15, 0.2) is 29.1 Å². The topological polar surface area (TPSA) is 76.1 Å². The minimum Gasteiger partial charge on any atom is -0.381 e. The van der Waals surface area contributed by atoms with Crippen LogP contribution in [0.3, 0.4) is 0 Å². The molecule has 1 aliphatic rings. The van der Waals surface area contributed by atoms with E-state index in [0.717, 1.165) is 12.1 Å². The lowest BCUT2D eigenvalue weighted by Gasteiger charge is -2.20. The first-order valence-corrected chi connectivity index (χ1v) is 7.67. The van der Waals surface area contributed by atoms with Gasteiger partial charge in [0.2, 0.25) is 5.91 Å². The van der Waals surface area contributed by atoms with Gasteiger partial charge >= 0.3 is 0 Å². The summed E-state index contributed by atoms with van der Waals surface area (Å²) in [6.07, 6.45) is 1.29. The van der Waals surface area contributed by atoms with E-state index in [1.54, 1.807) is 0 Å². The number of nitrogens with zero attached hydrogens (tertiary/aromatic N) is 2. The van der Waals surface area contributed by atoms with Crippen molar-refractivity contribution in [2.45, 2.75) is 12.8 Å². The highest BCUT2D eigenvalue weighted by Gasteiger charge is 2.22. The molecule has 9 heteroatoms. The minimum atomic E-state index is -1.57. The number of rotatable bonds is 4. The lowest BCUT2D eigenvalue weighted by atomic mass is 9.99. The quantitative estimate of drug-likeness (QED) is 0.828. The number of carbonyl (C=O) groups is 1. The highest BCUT2D eigenvalue weighted by atomic mass is 19.2. The van der Waals surface area contributed by atoms with Crippen LogP contribution in [0.5, 0.6) is 0 Å². The molecule has 0 radical (unpaired) electrons. The van der Waals surface area contributed by atoms with Crippen LogP contribution in [-0.2, 0) is 9.53 Å². The van der Waals surface area contributed by atoms with Gasteiger partial charge in [0.1, 0.15) is 0 Å². The van der Waals surface area contributed by atoms with E-state index in [2.05, 4.69) is 20.8 Å². The Kier molecular flexibility index (Phi) is 5.13. The average Bonchev–Trinajstić information content (AvgIpc) is 2.64. The molecule has 0 atom stereocenters. The highest BCUT2D eigenvalue weighted by molar-refractivity contribution is 5.91. The molecule has 1 saturated heterocycles. The van der Waals surface area contributed by atoms with Crippen molar-refractivity contribution in [3.8, 4) is 0 Å². The third-order valence-electron chi connectivity index (χ3n) is 3.81. The minimum absolute atomic E-state index is 0.119. The number of anilines is 3. The summed E-state index contributed by atoms with van der Waals surface area (Å²) in [6, 6.07) is 4.77. The molecule has 2 N–H and O–H groups in total. The van der Waals surface area contributed by atoms with Crippen LogP contribution in [0, 0.1) is 23.4 Å². The van der Waals surface area contributed by atoms with Crippen LogP contribution in [0.2, 0.25) is 0 Å². The van der Waals surface area contributed by atoms with E-state index in [9.17, 15) is 18.0 Å². The Bertz CT molecular complexity index is 765. The molecule has 0 bridgehead atoms. The maximum Gasteiger partial charge on any atom is 0.228 e. The van der Waals surface area contributed by atoms with Crippen molar-refractivity contribution in [2.24, 2.45) is 5.92 Å². The van der Waals surface area contributed by atoms with E-state index >= 15 is 0 Å². The van der Waals surface area contributed by atoms with Crippen molar-refractivity contribution in [1.82, 2.24) is 10.2 Å². The second kappa shape index (κ2) is 7.47. The highest BCUT2D eigenvalue weighted by Crippen LogP contribution is 2.23. The molecule has 0 spiro atoms. The Morgan fingerprint density at radius 3 is 2.36 bits per heavy atom. The second-order valence-electron chi connectivity index (χ2n) is 5.53. The van der Waals surface area contributed by atoms with Crippen LogP contribution >= 0.6 is 0 Å². The molecule has 3 rings (SSSR count). The summed E-state index contributed by atoms with van der Waals surface area (Å²) in [5.74, 6) is -4.13. The lowest BCUT2D eigenvalue weighted by molar-refractivity contribution is -0.122. The number of hydrogen-bond acceptors (Lipinski definition) is 5. The van der Waals surface area contributed by atoms with Gasteiger partial charge in [-0.3, -0.25) is 4.79 Å². The van der Waals surface area contributed by atoms with Crippen LogP contribution in [0.15, 0.2) is 24.3 Å². The molecule has 6 nitrogen and oxygen atoms in total. The zero-order valence-corrected chi connectivity index (χ0v) is 13.1. The maximum atomic E-state index is 13.6. The molecule has 1 amide bonds. The van der Waals surface area contributed by atoms with Crippen molar-refractivity contribution < 1.29 is 22.7 Å². The number of carbonyl (C=O) groups excluding carboxylic acids is 1. The van der Waals surface area contributed by atoms with Gasteiger partial charge in [-0.1, -0.05) is 0 Å². The standard InChI is InChI=1S/C16H15F3N4O2/c17-10-1-2-11(15(19)14(10)18)20-12-3-4-13(23-22-12)21-16(24)9-5-7-25-8-6-9/h1-4,9H,5-8H2,(H,20,22)(H,21,23,24). The largest absolute Gasteiger partial charge is 0.381 e. The average molecular weight is 352 g/mol. The van der Waals surface area contributed by atoms with Gasteiger partial charge in [0, 0.05) is 19.1 Å². The van der Waals surface area contributed by atoms with Gasteiger partial charge in [-0.25, -0.2) is 13.2 Å². The summed E-state index contributed by atoms with van der Waals surface area (Å²) in [4.78, 5) is 12.1. The molecule has 0 unspecified atom stereocenters. The summed E-state index contributed by atoms with van der Waals surface area (Å²) < 4.78 is 44.9. The number of ether oxygens (including phenoxy) is 1. The van der Waals surface area contributed by atoms with E-state index in [1.165, 1.54) is 12.1 Å². The third kappa shape index (κ3) is 4.05. The van der Waals surface area contributed by atoms with Gasteiger partial charge in [-0.2, -0.15) is 0 Å². The zero-order chi connectivity index (χ0) is 17.8. The normalized spacial score (nSPS) is 15.0. The first-order chi connectivity index (χ1) is 12.0. The van der Waals surface area contributed by atoms with Crippen LogP contribution in [-0.4, -0.2) is 29.3 Å². The first kappa shape index (κ1) is 17.2. The zero-order valence-electron chi connectivity index (χ0n) is 13.1. The number of amides is 1. The first-order valence-electron chi connectivity index (χ1n) is 7.67. The van der Waals surface area contributed by atoms with E-state index < -0.39 is 17.5 Å². The number of nitrogens with one attached hydrogen (secondary N) is 2. The SMILES string of the molecule is O=C(Nc1ccc(Nc2ccc(F)c(F)c2F)nn1)C1CCOCC1. The smallest absolute Gasteiger partial charge is 0.228 e. The number of aromatic nitrogens is 2. The van der Waals surface area contributed by atoms with Gasteiger partial charge in [-0.15, -0.1) is 10.2 Å². The Labute approximate surface area is 141 Å². The fourth-order valence-corrected chi connectivity index (χ4v) is 2.41. The predicted molar refractivity (Wildman–Crippen MR) is 83.8 cm³/mol. The monoisotopic (exact) mass is 352 g/mol. The number of benzene rings is 1. The summed E-state index contributed by atoms with van der Waals surface area (Å²) >= 11 is 0. The Hall–Kier alpha value is -2.68. The molecular weight excluding hydrogens is 337 g/mol. The fraction of sp³-hybridized carbons (Fsp3) is 0.312. The van der Waals surface area contributed by atoms with E-state index in [-0.39, 0.29) is 29.1 Å². The fourth-order valence-electron chi connectivity index (χ4n) is 2.41. The molecule has 2 heterocycles. The molecule has 1 fully saturated rings. The van der Waals surface area contributed by atoms with Crippen LogP contribution in [0.1, 0.15) is 12.8 Å². The van der Waals surface area contributed by atoms with Crippen LogP contribution < -0.4 is 10.6 Å². The molecule has 1 aromatic carbocycles. The Balaban J connectivity index is 1.64. The lowest BCUT2D eigenvalue weighted by Crippen LogP contribution is -2.28. The van der Waals surface area contributed by atoms with Gasteiger partial charge in [0.05, 0.1) is 5.69 Å². The van der Waals surface area contributed by atoms with E-state index in [4.69, 9.17) is 4.74 Å². The van der Waals surface area contributed by atoms with Crippen molar-refractivity contribution >= 4 is 23.2 Å². The molecule has 1 aromatic heterocycles. The Morgan fingerprint density at radius 2 is 1.68 bits per heavy atom. The molecule has 1 aliphatic heterocycles. The second-order valence-corrected chi connectivity index (χ2v) is 5.53. The Morgan fingerprint density at radius 1 is 1.00 bits per heavy atom. The maximum absolute atomic E-state index is 13.6. The van der Waals surface area contributed by atoms with Crippen LogP contribution in [0.25, 0.3) is 0 Å². The van der Waals surface area contributed by atoms with Crippen molar-refractivity contribution in [3.05, 3.63) is 41.7 Å². The van der Waals surface area contributed by atoms with Crippen molar-refractivity contribution in [2.75, 3.05) is 23.8 Å². The van der Waals surface area contributed by atoms with Crippen molar-refractivity contribution in [1.29, 1.82) is 0 Å². The molecule has 2 aromatic rings. The molecule has 25 heavy (non-hydrogen) atoms. The number of halogens is 3. The van der Waals surface area contributed by atoms with Crippen molar-refractivity contribution in [3.63, 3.8) is 0 Å². The van der Waals surface area contributed by atoms with E-state index in [1.807, 2.05) is 0 Å². The third-order valence-corrected chi connectivity index (χ3v) is 3.81. The van der Waals surface area contributed by atoms with E-state index in [0.29, 0.717) is 26.1 Å². The summed E-state index contributed by atoms with van der Waals surface area (Å²) in [5.41, 5.74) is -0.271. The number of hydrogen-bond donors (Lipinski definition) is 2. The molecule has 132 valence electrons. The van der Waals surface area contributed by atoms with Gasteiger partial charge < -0.3 is 15.4 Å².